The SMILES string of the molecule is CC1CN(C(=O)C(C)OC(=O)C2CC2[N+](=O)[O-])CC(C)O1. The summed E-state index contributed by atoms with van der Waals surface area (Å²) >= 11 is 0. The van der Waals surface area contributed by atoms with Gasteiger partial charge in [-0.3, -0.25) is 19.7 Å². The molecule has 1 heterocycles. The fourth-order valence-corrected chi connectivity index (χ4v) is 2.59. The number of carbonyl (C=O) groups is 2. The Morgan fingerprint density at radius 2 is 1.90 bits per heavy atom. The molecular formula is C13H20N2O6. The molecule has 5 unspecified atom stereocenters. The zero-order valence-corrected chi connectivity index (χ0v) is 12.4. The average molecular weight is 300 g/mol. The number of hydrogen-bond donors (Lipinski definition) is 0. The van der Waals surface area contributed by atoms with E-state index < -0.39 is 29.0 Å². The van der Waals surface area contributed by atoms with Gasteiger partial charge in [-0.25, -0.2) is 0 Å². The number of esters is 1. The van der Waals surface area contributed by atoms with Gasteiger partial charge in [0.05, 0.1) is 12.2 Å². The molecule has 5 atom stereocenters. The molecule has 0 N–H and O–H groups in total. The first kappa shape index (κ1) is 15.7. The Bertz CT molecular complexity index is 444. The summed E-state index contributed by atoms with van der Waals surface area (Å²) in [7, 11) is 0. The zero-order valence-electron chi connectivity index (χ0n) is 12.4. The highest BCUT2D eigenvalue weighted by Gasteiger charge is 2.55. The molecule has 21 heavy (non-hydrogen) atoms. The summed E-state index contributed by atoms with van der Waals surface area (Å²) in [5, 5.41) is 10.5. The molecule has 1 aliphatic carbocycles. The second kappa shape index (κ2) is 5.97. The minimum Gasteiger partial charge on any atom is -0.452 e. The Kier molecular flexibility index (Phi) is 4.46. The van der Waals surface area contributed by atoms with E-state index in [-0.39, 0.29) is 24.5 Å². The maximum atomic E-state index is 12.2. The van der Waals surface area contributed by atoms with E-state index in [9.17, 15) is 19.7 Å². The van der Waals surface area contributed by atoms with E-state index in [2.05, 4.69) is 0 Å². The Balaban J connectivity index is 1.85. The highest BCUT2D eigenvalue weighted by molar-refractivity contribution is 5.85. The van der Waals surface area contributed by atoms with Crippen LogP contribution in [-0.2, 0) is 19.1 Å². The Hall–Kier alpha value is -1.70. The summed E-state index contributed by atoms with van der Waals surface area (Å²) in [6.07, 6.45) is -0.868. The monoisotopic (exact) mass is 300 g/mol. The topological polar surface area (TPSA) is 99.0 Å². The van der Waals surface area contributed by atoms with E-state index in [0.717, 1.165) is 0 Å². The number of nitrogens with zero attached hydrogens (tertiary/aromatic N) is 2. The number of rotatable bonds is 4. The third-order valence-corrected chi connectivity index (χ3v) is 3.70. The van der Waals surface area contributed by atoms with Gasteiger partial charge in [0.1, 0.15) is 5.92 Å². The van der Waals surface area contributed by atoms with Crippen LogP contribution >= 0.6 is 0 Å². The summed E-state index contributed by atoms with van der Waals surface area (Å²) in [4.78, 5) is 35.6. The molecule has 1 amide bonds. The van der Waals surface area contributed by atoms with Crippen molar-refractivity contribution in [3.05, 3.63) is 10.1 Å². The van der Waals surface area contributed by atoms with Crippen LogP contribution in [0, 0.1) is 16.0 Å². The molecule has 1 saturated carbocycles. The van der Waals surface area contributed by atoms with Gasteiger partial charge in [-0.15, -0.1) is 0 Å². The van der Waals surface area contributed by atoms with Crippen molar-refractivity contribution in [2.75, 3.05) is 13.1 Å². The molecule has 118 valence electrons. The maximum Gasteiger partial charge on any atom is 0.316 e. The third kappa shape index (κ3) is 3.69. The minimum atomic E-state index is -0.928. The number of nitro groups is 1. The molecule has 8 heteroatoms. The Morgan fingerprint density at radius 1 is 1.33 bits per heavy atom. The lowest BCUT2D eigenvalue weighted by Crippen LogP contribution is -2.51. The zero-order chi connectivity index (χ0) is 15.7. The van der Waals surface area contributed by atoms with Crippen LogP contribution in [-0.4, -0.2) is 59.1 Å². The lowest BCUT2D eigenvalue weighted by Gasteiger charge is -2.36. The van der Waals surface area contributed by atoms with Gasteiger partial charge >= 0.3 is 5.97 Å². The first-order chi connectivity index (χ1) is 9.79. The molecule has 2 aliphatic rings. The van der Waals surface area contributed by atoms with Crippen LogP contribution in [0.2, 0.25) is 0 Å². The highest BCUT2D eigenvalue weighted by atomic mass is 16.6. The van der Waals surface area contributed by atoms with Gasteiger partial charge in [0.15, 0.2) is 6.10 Å². The van der Waals surface area contributed by atoms with E-state index in [4.69, 9.17) is 9.47 Å². The minimum absolute atomic E-state index is 0.0668. The van der Waals surface area contributed by atoms with Crippen molar-refractivity contribution in [3.63, 3.8) is 0 Å². The van der Waals surface area contributed by atoms with Crippen molar-refractivity contribution in [3.8, 4) is 0 Å². The predicted octanol–water partition coefficient (Wildman–Crippen LogP) is 0.219. The highest BCUT2D eigenvalue weighted by Crippen LogP contribution is 2.34. The van der Waals surface area contributed by atoms with Gasteiger partial charge in [-0.2, -0.15) is 0 Å². The summed E-state index contributed by atoms with van der Waals surface area (Å²) in [5.74, 6) is -1.66. The molecule has 1 saturated heterocycles. The summed E-state index contributed by atoms with van der Waals surface area (Å²) in [6, 6.07) is -0.858. The second-order valence-corrected chi connectivity index (χ2v) is 5.77. The van der Waals surface area contributed by atoms with Crippen LogP contribution in [0.15, 0.2) is 0 Å². The van der Waals surface area contributed by atoms with E-state index in [1.165, 1.54) is 6.92 Å². The van der Waals surface area contributed by atoms with Crippen molar-refractivity contribution in [1.29, 1.82) is 0 Å². The van der Waals surface area contributed by atoms with E-state index in [1.54, 1.807) is 4.90 Å². The summed E-state index contributed by atoms with van der Waals surface area (Å²) in [6.45, 7) is 6.14. The van der Waals surface area contributed by atoms with Crippen LogP contribution in [0.3, 0.4) is 0 Å². The first-order valence-corrected chi connectivity index (χ1v) is 7.07. The smallest absolute Gasteiger partial charge is 0.316 e. The second-order valence-electron chi connectivity index (χ2n) is 5.77. The van der Waals surface area contributed by atoms with Crippen LogP contribution in [0.5, 0.6) is 0 Å². The number of ether oxygens (including phenoxy) is 2. The first-order valence-electron chi connectivity index (χ1n) is 7.07. The molecule has 2 fully saturated rings. The number of carbonyl (C=O) groups excluding carboxylic acids is 2. The Labute approximate surface area is 122 Å². The van der Waals surface area contributed by atoms with Gasteiger partial charge in [-0.1, -0.05) is 0 Å². The summed E-state index contributed by atoms with van der Waals surface area (Å²) in [5.41, 5.74) is 0. The molecule has 0 bridgehead atoms. The normalized spacial score (nSPS) is 33.2. The molecule has 2 rings (SSSR count). The molecule has 0 spiro atoms. The lowest BCUT2D eigenvalue weighted by molar-refractivity contribution is -0.497. The molecule has 0 aromatic rings. The maximum absolute atomic E-state index is 12.2. The molecule has 1 aliphatic heterocycles. The number of morpholine rings is 1. The molecular weight excluding hydrogens is 280 g/mol. The molecule has 0 aromatic carbocycles. The van der Waals surface area contributed by atoms with Crippen LogP contribution in [0.1, 0.15) is 27.2 Å². The molecule has 0 aromatic heterocycles. The van der Waals surface area contributed by atoms with E-state index in [0.29, 0.717) is 13.1 Å². The fraction of sp³-hybridized carbons (Fsp3) is 0.846. The third-order valence-electron chi connectivity index (χ3n) is 3.70. The lowest BCUT2D eigenvalue weighted by atomic mass is 10.2. The number of amides is 1. The molecule has 8 nitrogen and oxygen atoms in total. The van der Waals surface area contributed by atoms with Crippen molar-refractivity contribution in [2.45, 2.75) is 51.5 Å². The van der Waals surface area contributed by atoms with Gasteiger partial charge in [0.2, 0.25) is 6.04 Å². The van der Waals surface area contributed by atoms with E-state index in [1.807, 2.05) is 13.8 Å². The van der Waals surface area contributed by atoms with Crippen molar-refractivity contribution in [2.24, 2.45) is 5.92 Å². The van der Waals surface area contributed by atoms with Crippen LogP contribution in [0.25, 0.3) is 0 Å². The van der Waals surface area contributed by atoms with Crippen LogP contribution < -0.4 is 0 Å². The van der Waals surface area contributed by atoms with Gasteiger partial charge in [0.25, 0.3) is 5.91 Å². The largest absolute Gasteiger partial charge is 0.452 e. The van der Waals surface area contributed by atoms with Crippen molar-refractivity contribution >= 4 is 11.9 Å². The number of hydrogen-bond acceptors (Lipinski definition) is 6. The van der Waals surface area contributed by atoms with Gasteiger partial charge in [-0.05, 0) is 20.8 Å². The standard InChI is InChI=1S/C13H20N2O6/c1-7-5-14(6-8(2)20-7)12(16)9(3)21-13(17)10-4-11(10)15(18)19/h7-11H,4-6H2,1-3H3. The van der Waals surface area contributed by atoms with Gasteiger partial charge in [0, 0.05) is 24.4 Å². The molecule has 0 radical (unpaired) electrons. The van der Waals surface area contributed by atoms with Crippen LogP contribution in [0.4, 0.5) is 0 Å². The van der Waals surface area contributed by atoms with E-state index >= 15 is 0 Å². The summed E-state index contributed by atoms with van der Waals surface area (Å²) < 4.78 is 10.6. The average Bonchev–Trinajstić information content (AvgIpc) is 3.16. The van der Waals surface area contributed by atoms with Crippen molar-refractivity contribution in [1.82, 2.24) is 4.90 Å². The predicted molar refractivity (Wildman–Crippen MR) is 71.0 cm³/mol. The quantitative estimate of drug-likeness (QED) is 0.418. The fourth-order valence-electron chi connectivity index (χ4n) is 2.59. The van der Waals surface area contributed by atoms with Gasteiger partial charge < -0.3 is 14.4 Å². The van der Waals surface area contributed by atoms with Crippen molar-refractivity contribution < 1.29 is 24.0 Å². The Morgan fingerprint density at radius 3 is 2.38 bits per heavy atom.